The lowest BCUT2D eigenvalue weighted by Crippen LogP contribution is -2.57. The predicted molar refractivity (Wildman–Crippen MR) is 47.9 cm³/mol. The molecule has 12 heavy (non-hydrogen) atoms. The van der Waals surface area contributed by atoms with Crippen molar-refractivity contribution in [2.24, 2.45) is 5.73 Å². The topological polar surface area (TPSA) is 55.5 Å². The van der Waals surface area contributed by atoms with Gasteiger partial charge in [-0.15, -0.1) is 0 Å². The highest BCUT2D eigenvalue weighted by Gasteiger charge is 2.50. The Bertz CT molecular complexity index is 183. The zero-order valence-electron chi connectivity index (χ0n) is 8.35. The van der Waals surface area contributed by atoms with Crippen LogP contribution in [-0.4, -0.2) is 28.5 Å². The van der Waals surface area contributed by atoms with Crippen LogP contribution in [0.4, 0.5) is 0 Å². The Morgan fingerprint density at radius 2 is 1.92 bits per heavy atom. The minimum atomic E-state index is -0.878. The van der Waals surface area contributed by atoms with Crippen LogP contribution in [-0.2, 0) is 4.74 Å². The van der Waals surface area contributed by atoms with Gasteiger partial charge in [0.25, 0.3) is 0 Å². The molecule has 0 spiro atoms. The van der Waals surface area contributed by atoms with Crippen molar-refractivity contribution >= 4 is 0 Å². The van der Waals surface area contributed by atoms with E-state index in [0.717, 1.165) is 0 Å². The summed E-state index contributed by atoms with van der Waals surface area (Å²) in [5.41, 5.74) is 4.15. The molecule has 3 nitrogen and oxygen atoms in total. The standard InChI is InChI=1S/C9H19NO2/c1-7(2)5-9(11,6-12-7)8(3,4)10/h11H,5-6,10H2,1-4H3. The molecule has 3 heteroatoms. The van der Waals surface area contributed by atoms with Crippen LogP contribution in [0.25, 0.3) is 0 Å². The number of ether oxygens (including phenoxy) is 1. The number of hydrogen-bond donors (Lipinski definition) is 2. The second-order valence-electron chi connectivity index (χ2n) is 4.98. The molecule has 1 aliphatic heterocycles. The molecular formula is C9H19NO2. The van der Waals surface area contributed by atoms with Crippen molar-refractivity contribution < 1.29 is 9.84 Å². The van der Waals surface area contributed by atoms with Crippen molar-refractivity contribution in [3.63, 3.8) is 0 Å². The van der Waals surface area contributed by atoms with Crippen molar-refractivity contribution in [2.75, 3.05) is 6.61 Å². The Balaban J connectivity index is 2.78. The third-order valence-corrected chi connectivity index (χ3v) is 2.62. The Morgan fingerprint density at radius 1 is 1.42 bits per heavy atom. The lowest BCUT2D eigenvalue weighted by atomic mass is 9.79. The summed E-state index contributed by atoms with van der Waals surface area (Å²) >= 11 is 0. The van der Waals surface area contributed by atoms with Gasteiger partial charge in [-0.3, -0.25) is 0 Å². The number of aliphatic hydroxyl groups is 1. The first-order valence-corrected chi connectivity index (χ1v) is 4.32. The molecule has 1 unspecified atom stereocenters. The summed E-state index contributed by atoms with van der Waals surface area (Å²) in [5, 5.41) is 10.1. The third-order valence-electron chi connectivity index (χ3n) is 2.62. The maximum absolute atomic E-state index is 10.1. The normalized spacial score (nSPS) is 35.5. The fourth-order valence-electron chi connectivity index (χ4n) is 1.53. The number of nitrogens with two attached hydrogens (primary N) is 1. The molecule has 1 rings (SSSR count). The molecule has 0 aromatic carbocycles. The molecule has 1 atom stereocenters. The molecule has 0 aromatic rings. The van der Waals surface area contributed by atoms with Gasteiger partial charge in [-0.25, -0.2) is 0 Å². The molecule has 0 amide bonds. The van der Waals surface area contributed by atoms with Crippen LogP contribution in [0.2, 0.25) is 0 Å². The summed E-state index contributed by atoms with van der Waals surface area (Å²) in [7, 11) is 0. The van der Waals surface area contributed by atoms with E-state index < -0.39 is 11.1 Å². The van der Waals surface area contributed by atoms with Crippen LogP contribution >= 0.6 is 0 Å². The van der Waals surface area contributed by atoms with Gasteiger partial charge in [0.05, 0.1) is 12.2 Å². The van der Waals surface area contributed by atoms with Crippen molar-refractivity contribution in [1.29, 1.82) is 0 Å². The van der Waals surface area contributed by atoms with Gasteiger partial charge in [0, 0.05) is 12.0 Å². The first-order chi connectivity index (χ1) is 5.16. The summed E-state index contributed by atoms with van der Waals surface area (Å²) < 4.78 is 5.45. The van der Waals surface area contributed by atoms with Crippen molar-refractivity contribution in [3.8, 4) is 0 Å². The van der Waals surface area contributed by atoms with Crippen LogP contribution in [0.3, 0.4) is 0 Å². The zero-order valence-corrected chi connectivity index (χ0v) is 8.35. The van der Waals surface area contributed by atoms with E-state index in [4.69, 9.17) is 10.5 Å². The van der Waals surface area contributed by atoms with E-state index in [1.165, 1.54) is 0 Å². The van der Waals surface area contributed by atoms with Gasteiger partial charge >= 0.3 is 0 Å². The van der Waals surface area contributed by atoms with Gasteiger partial charge in [0.1, 0.15) is 5.60 Å². The van der Waals surface area contributed by atoms with Gasteiger partial charge < -0.3 is 15.6 Å². The molecule has 0 saturated carbocycles. The van der Waals surface area contributed by atoms with E-state index >= 15 is 0 Å². The molecule has 0 radical (unpaired) electrons. The van der Waals surface area contributed by atoms with Crippen LogP contribution < -0.4 is 5.73 Å². The highest BCUT2D eigenvalue weighted by atomic mass is 16.5. The number of rotatable bonds is 1. The van der Waals surface area contributed by atoms with Crippen LogP contribution in [0, 0.1) is 0 Å². The quantitative estimate of drug-likeness (QED) is 0.612. The van der Waals surface area contributed by atoms with E-state index in [0.29, 0.717) is 13.0 Å². The predicted octanol–water partition coefficient (Wildman–Crippen LogP) is 0.654. The molecule has 1 fully saturated rings. The van der Waals surface area contributed by atoms with Gasteiger partial charge in [-0.05, 0) is 27.7 Å². The molecule has 0 bridgehead atoms. The summed E-state index contributed by atoms with van der Waals surface area (Å²) in [4.78, 5) is 0. The van der Waals surface area contributed by atoms with E-state index in [1.54, 1.807) is 0 Å². The average molecular weight is 173 g/mol. The molecule has 3 N–H and O–H groups in total. The van der Waals surface area contributed by atoms with Gasteiger partial charge in [0.15, 0.2) is 0 Å². The highest BCUT2D eigenvalue weighted by molar-refractivity contribution is 5.04. The monoisotopic (exact) mass is 173 g/mol. The average Bonchev–Trinajstić information content (AvgIpc) is 2.05. The largest absolute Gasteiger partial charge is 0.385 e. The lowest BCUT2D eigenvalue weighted by molar-refractivity contribution is -0.0319. The molecular weight excluding hydrogens is 154 g/mol. The Hall–Kier alpha value is -0.120. The Kier molecular flexibility index (Phi) is 2.02. The number of hydrogen-bond acceptors (Lipinski definition) is 3. The van der Waals surface area contributed by atoms with E-state index in [2.05, 4.69) is 0 Å². The second-order valence-corrected chi connectivity index (χ2v) is 4.98. The Morgan fingerprint density at radius 3 is 2.08 bits per heavy atom. The highest BCUT2D eigenvalue weighted by Crippen LogP contribution is 2.37. The summed E-state index contributed by atoms with van der Waals surface area (Å²) in [6, 6.07) is 0. The van der Waals surface area contributed by atoms with Gasteiger partial charge in [0.2, 0.25) is 0 Å². The lowest BCUT2D eigenvalue weighted by Gasteiger charge is -2.35. The zero-order chi connectivity index (χ0) is 9.62. The first-order valence-electron chi connectivity index (χ1n) is 4.32. The smallest absolute Gasteiger partial charge is 0.108 e. The maximum Gasteiger partial charge on any atom is 0.108 e. The second kappa shape index (κ2) is 2.44. The van der Waals surface area contributed by atoms with E-state index in [9.17, 15) is 5.11 Å². The van der Waals surface area contributed by atoms with E-state index in [-0.39, 0.29) is 5.60 Å². The van der Waals surface area contributed by atoms with Crippen molar-refractivity contribution in [2.45, 2.75) is 50.9 Å². The molecule has 0 aliphatic carbocycles. The minimum Gasteiger partial charge on any atom is -0.385 e. The van der Waals surface area contributed by atoms with Gasteiger partial charge in [-0.1, -0.05) is 0 Å². The van der Waals surface area contributed by atoms with Crippen LogP contribution in [0.15, 0.2) is 0 Å². The SMILES string of the molecule is CC1(C)CC(O)(C(C)(C)N)CO1. The maximum atomic E-state index is 10.1. The summed E-state index contributed by atoms with van der Waals surface area (Å²) in [6.45, 7) is 7.94. The molecule has 1 aliphatic rings. The minimum absolute atomic E-state index is 0.245. The van der Waals surface area contributed by atoms with E-state index in [1.807, 2.05) is 27.7 Å². The van der Waals surface area contributed by atoms with Crippen LogP contribution in [0.5, 0.6) is 0 Å². The third kappa shape index (κ3) is 1.63. The molecule has 1 saturated heterocycles. The molecule has 72 valence electrons. The van der Waals surface area contributed by atoms with Gasteiger partial charge in [-0.2, -0.15) is 0 Å². The first kappa shape index (κ1) is 9.96. The van der Waals surface area contributed by atoms with Crippen LogP contribution in [0.1, 0.15) is 34.1 Å². The Labute approximate surface area is 73.9 Å². The summed E-state index contributed by atoms with van der Waals surface area (Å²) in [6.07, 6.45) is 0.601. The summed E-state index contributed by atoms with van der Waals surface area (Å²) in [5.74, 6) is 0. The van der Waals surface area contributed by atoms with Crippen molar-refractivity contribution in [1.82, 2.24) is 0 Å². The molecule has 1 heterocycles. The fourth-order valence-corrected chi connectivity index (χ4v) is 1.53. The fraction of sp³-hybridized carbons (Fsp3) is 1.00. The van der Waals surface area contributed by atoms with Crippen molar-refractivity contribution in [3.05, 3.63) is 0 Å². The molecule has 0 aromatic heterocycles.